The van der Waals surface area contributed by atoms with Crippen molar-refractivity contribution in [2.45, 2.75) is 44.3 Å². The number of aryl methyl sites for hydroxylation is 2. The maximum absolute atomic E-state index is 12.8. The number of likely N-dealkylation sites (tertiary alicyclic amines) is 1. The number of thioether (sulfide) groups is 1. The average molecular weight is 415 g/mol. The van der Waals surface area contributed by atoms with Gasteiger partial charge in [-0.2, -0.15) is 0 Å². The van der Waals surface area contributed by atoms with Crippen LogP contribution in [-0.4, -0.2) is 50.8 Å². The van der Waals surface area contributed by atoms with Crippen LogP contribution >= 0.6 is 11.8 Å². The van der Waals surface area contributed by atoms with E-state index in [1.54, 1.807) is 35.6 Å². The van der Waals surface area contributed by atoms with E-state index in [2.05, 4.69) is 9.97 Å². The van der Waals surface area contributed by atoms with E-state index in [-0.39, 0.29) is 17.5 Å². The fourth-order valence-corrected chi connectivity index (χ4v) is 4.98. The van der Waals surface area contributed by atoms with Gasteiger partial charge in [0.1, 0.15) is 0 Å². The fraction of sp³-hybridized carbons (Fsp3) is 0.524. The molecule has 1 unspecified atom stereocenters. The second-order valence-corrected chi connectivity index (χ2v) is 8.82. The Morgan fingerprint density at radius 1 is 1.24 bits per heavy atom. The van der Waals surface area contributed by atoms with Crippen molar-refractivity contribution in [1.82, 2.24) is 19.4 Å². The number of piperidine rings is 1. The van der Waals surface area contributed by atoms with Crippen molar-refractivity contribution in [2.24, 2.45) is 5.92 Å². The lowest BCUT2D eigenvalue weighted by atomic mass is 9.97. The Kier molecular flexibility index (Phi) is 5.89. The third kappa shape index (κ3) is 4.32. The van der Waals surface area contributed by atoms with Crippen LogP contribution in [0.2, 0.25) is 0 Å². The maximum Gasteiger partial charge on any atom is 0.257 e. The fourth-order valence-electron chi connectivity index (χ4n) is 3.87. The molecule has 2 aromatic heterocycles. The molecule has 0 saturated carbocycles. The highest BCUT2D eigenvalue weighted by atomic mass is 32.2. The number of hydrogen-bond donors (Lipinski definition) is 0. The lowest BCUT2D eigenvalue weighted by Crippen LogP contribution is -2.41. The van der Waals surface area contributed by atoms with Gasteiger partial charge in [-0.25, -0.2) is 9.97 Å². The van der Waals surface area contributed by atoms with Gasteiger partial charge in [0.25, 0.3) is 5.56 Å². The zero-order valence-corrected chi connectivity index (χ0v) is 17.7. The minimum atomic E-state index is -0.101. The molecule has 0 aliphatic carbocycles. The Hall–Kier alpha value is -2.35. The van der Waals surface area contributed by atoms with Gasteiger partial charge in [0.05, 0.1) is 12.6 Å². The van der Waals surface area contributed by atoms with Gasteiger partial charge >= 0.3 is 0 Å². The number of amides is 1. The Morgan fingerprint density at radius 2 is 2.03 bits per heavy atom. The number of fused-ring (bicyclic) bond motifs is 1. The van der Waals surface area contributed by atoms with Gasteiger partial charge in [-0.1, -0.05) is 17.8 Å². The summed E-state index contributed by atoms with van der Waals surface area (Å²) in [4.78, 5) is 35.8. The predicted octanol–water partition coefficient (Wildman–Crippen LogP) is 2.61. The Balaban J connectivity index is 1.29. The normalized spacial score (nSPS) is 19.2. The highest BCUT2D eigenvalue weighted by Gasteiger charge is 2.30. The largest absolute Gasteiger partial charge is 0.477 e. The zero-order chi connectivity index (χ0) is 20.4. The van der Waals surface area contributed by atoms with Crippen LogP contribution in [0.1, 0.15) is 36.4 Å². The zero-order valence-electron chi connectivity index (χ0n) is 16.8. The molecule has 2 aromatic rings. The molecule has 7 nitrogen and oxygen atoms in total. The van der Waals surface area contributed by atoms with E-state index in [0.717, 1.165) is 42.4 Å². The van der Waals surface area contributed by atoms with Crippen molar-refractivity contribution in [3.63, 3.8) is 0 Å². The first-order valence-corrected chi connectivity index (χ1v) is 11.0. The maximum atomic E-state index is 12.8. The van der Waals surface area contributed by atoms with E-state index >= 15 is 0 Å². The Bertz CT molecular complexity index is 953. The van der Waals surface area contributed by atoms with Gasteiger partial charge < -0.3 is 9.64 Å². The van der Waals surface area contributed by atoms with E-state index in [1.165, 1.54) is 0 Å². The molecule has 4 rings (SSSR count). The van der Waals surface area contributed by atoms with Crippen LogP contribution in [0.3, 0.4) is 0 Å². The molecule has 1 fully saturated rings. The second-order valence-electron chi connectivity index (χ2n) is 7.83. The highest BCUT2D eigenvalue weighted by molar-refractivity contribution is 7.99. The van der Waals surface area contributed by atoms with E-state index in [1.807, 2.05) is 24.0 Å². The summed E-state index contributed by atoms with van der Waals surface area (Å²) in [5, 5.41) is 0.721. The third-order valence-electron chi connectivity index (χ3n) is 5.70. The Labute approximate surface area is 174 Å². The predicted molar refractivity (Wildman–Crippen MR) is 111 cm³/mol. The molecule has 0 aromatic carbocycles. The van der Waals surface area contributed by atoms with Crippen molar-refractivity contribution in [3.8, 4) is 5.88 Å². The molecular weight excluding hydrogens is 388 g/mol. The molecule has 1 atom stereocenters. The first-order valence-electron chi connectivity index (χ1n) is 10.1. The smallest absolute Gasteiger partial charge is 0.257 e. The van der Waals surface area contributed by atoms with Crippen LogP contribution in [0.5, 0.6) is 5.88 Å². The van der Waals surface area contributed by atoms with Gasteiger partial charge in [0, 0.05) is 48.8 Å². The molecule has 4 heterocycles. The molecule has 2 aliphatic rings. The lowest BCUT2D eigenvalue weighted by Gasteiger charge is -2.32. The van der Waals surface area contributed by atoms with Crippen molar-refractivity contribution in [3.05, 3.63) is 46.0 Å². The molecule has 2 aliphatic heterocycles. The summed E-state index contributed by atoms with van der Waals surface area (Å²) >= 11 is 1.55. The van der Waals surface area contributed by atoms with E-state index < -0.39 is 0 Å². The number of nitrogens with zero attached hydrogens (tertiary/aromatic N) is 4. The van der Waals surface area contributed by atoms with Crippen LogP contribution in [0, 0.1) is 19.8 Å². The molecule has 0 radical (unpaired) electrons. The van der Waals surface area contributed by atoms with E-state index in [4.69, 9.17) is 4.74 Å². The Morgan fingerprint density at radius 3 is 2.79 bits per heavy atom. The second kappa shape index (κ2) is 8.57. The van der Waals surface area contributed by atoms with Gasteiger partial charge in [0.15, 0.2) is 5.16 Å². The van der Waals surface area contributed by atoms with Gasteiger partial charge in [-0.05, 0) is 38.7 Å². The minimum absolute atomic E-state index is 0.0292. The van der Waals surface area contributed by atoms with E-state index in [9.17, 15) is 9.59 Å². The average Bonchev–Trinajstić information content (AvgIpc) is 3.14. The first kappa shape index (κ1) is 19.9. The SMILES string of the molecule is Cc1cccnc1OCC1CCN(C(=O)CC2CSc3ncc(C)c(=O)n32)CC1. The molecule has 154 valence electrons. The standard InChI is InChI=1S/C21H26N4O3S/c1-14-4-3-7-22-19(14)28-12-16-5-8-24(9-6-16)18(26)10-17-13-29-21-23-11-15(2)20(27)25(17)21/h3-4,7,11,16-17H,5-6,8-10,12-13H2,1-2H3. The number of carbonyl (C=O) groups is 1. The van der Waals surface area contributed by atoms with Crippen LogP contribution in [0.4, 0.5) is 0 Å². The number of hydrogen-bond acceptors (Lipinski definition) is 6. The summed E-state index contributed by atoms with van der Waals surface area (Å²) in [6.07, 6.45) is 5.57. The van der Waals surface area contributed by atoms with Crippen LogP contribution < -0.4 is 10.3 Å². The first-order chi connectivity index (χ1) is 14.0. The quantitative estimate of drug-likeness (QED) is 0.700. The molecule has 1 saturated heterocycles. The van der Waals surface area contributed by atoms with Crippen molar-refractivity contribution in [2.75, 3.05) is 25.4 Å². The summed E-state index contributed by atoms with van der Waals surface area (Å²) in [5.41, 5.74) is 1.63. The number of rotatable bonds is 5. The van der Waals surface area contributed by atoms with Crippen molar-refractivity contribution < 1.29 is 9.53 Å². The number of ether oxygens (including phenoxy) is 1. The molecule has 0 spiro atoms. The summed E-state index contributed by atoms with van der Waals surface area (Å²) in [7, 11) is 0. The van der Waals surface area contributed by atoms with Crippen LogP contribution in [-0.2, 0) is 4.79 Å². The summed E-state index contributed by atoms with van der Waals surface area (Å²) < 4.78 is 7.58. The van der Waals surface area contributed by atoms with Crippen molar-refractivity contribution >= 4 is 17.7 Å². The molecule has 1 amide bonds. The summed E-state index contributed by atoms with van der Waals surface area (Å²) in [6, 6.07) is 3.79. The molecule has 8 heteroatoms. The van der Waals surface area contributed by atoms with Crippen molar-refractivity contribution in [1.29, 1.82) is 0 Å². The highest BCUT2D eigenvalue weighted by Crippen LogP contribution is 2.32. The van der Waals surface area contributed by atoms with E-state index in [0.29, 0.717) is 30.4 Å². The molecule has 29 heavy (non-hydrogen) atoms. The van der Waals surface area contributed by atoms with Crippen LogP contribution in [0.25, 0.3) is 0 Å². The van der Waals surface area contributed by atoms with Gasteiger partial charge in [-0.15, -0.1) is 0 Å². The summed E-state index contributed by atoms with van der Waals surface area (Å²) in [5.74, 6) is 1.97. The lowest BCUT2D eigenvalue weighted by molar-refractivity contribution is -0.133. The van der Waals surface area contributed by atoms with Crippen LogP contribution in [0.15, 0.2) is 34.5 Å². The van der Waals surface area contributed by atoms with Gasteiger partial charge in [-0.3, -0.25) is 14.2 Å². The molecule has 0 bridgehead atoms. The van der Waals surface area contributed by atoms with Gasteiger partial charge in [0.2, 0.25) is 11.8 Å². The number of carbonyl (C=O) groups excluding carboxylic acids is 1. The molecular formula is C21H26N4O3S. The summed E-state index contributed by atoms with van der Waals surface area (Å²) in [6.45, 7) is 5.87. The number of aromatic nitrogens is 3. The third-order valence-corrected chi connectivity index (χ3v) is 6.81. The monoisotopic (exact) mass is 414 g/mol. The number of pyridine rings is 1. The molecule has 0 N–H and O–H groups in total. The topological polar surface area (TPSA) is 77.3 Å². The minimum Gasteiger partial charge on any atom is -0.477 e.